The lowest BCUT2D eigenvalue weighted by Crippen LogP contribution is -2.34. The molecule has 0 spiro atoms. The number of carbonyl (C=O) groups excluding carboxylic acids is 1. The number of halogens is 1. The van der Waals surface area contributed by atoms with Gasteiger partial charge in [-0.2, -0.15) is 0 Å². The molecular weight excluding hydrogens is 477 g/mol. The number of hydrogen-bond donors (Lipinski definition) is 1. The van der Waals surface area contributed by atoms with Crippen molar-refractivity contribution in [1.29, 1.82) is 0 Å². The maximum atomic E-state index is 15.3. The lowest BCUT2D eigenvalue weighted by molar-refractivity contribution is -0.121. The minimum atomic E-state index is -0.399. The van der Waals surface area contributed by atoms with E-state index in [9.17, 15) is 4.79 Å². The summed E-state index contributed by atoms with van der Waals surface area (Å²) in [4.78, 5) is 15.6. The molecule has 0 bridgehead atoms. The number of aromatic nitrogens is 1. The van der Waals surface area contributed by atoms with E-state index in [1.165, 1.54) is 18.9 Å². The van der Waals surface area contributed by atoms with E-state index in [4.69, 9.17) is 4.74 Å². The predicted octanol–water partition coefficient (Wildman–Crippen LogP) is 5.88. The summed E-state index contributed by atoms with van der Waals surface area (Å²) in [5.74, 6) is 0.0841. The van der Waals surface area contributed by atoms with Gasteiger partial charge in [0.25, 0.3) is 0 Å². The molecule has 1 aliphatic rings. The first-order chi connectivity index (χ1) is 18.5. The highest BCUT2D eigenvalue weighted by molar-refractivity contribution is 5.87. The smallest absolute Gasteiger partial charge is 0.220 e. The Balaban J connectivity index is 1.46. The Morgan fingerprint density at radius 2 is 1.79 bits per heavy atom. The third kappa shape index (κ3) is 5.91. The van der Waals surface area contributed by atoms with Gasteiger partial charge in [0.1, 0.15) is 11.6 Å². The van der Waals surface area contributed by atoms with Gasteiger partial charge in [-0.3, -0.25) is 4.79 Å². The van der Waals surface area contributed by atoms with Gasteiger partial charge in [-0.1, -0.05) is 48.0 Å². The quantitative estimate of drug-likeness (QED) is 0.288. The zero-order valence-corrected chi connectivity index (χ0v) is 22.3. The molecule has 2 heterocycles. The number of likely N-dealkylation sites (tertiary alicyclic amines) is 1. The summed E-state index contributed by atoms with van der Waals surface area (Å²) in [7, 11) is 1.66. The highest BCUT2D eigenvalue weighted by Crippen LogP contribution is 2.36. The van der Waals surface area contributed by atoms with E-state index in [-0.39, 0.29) is 18.1 Å². The summed E-state index contributed by atoms with van der Waals surface area (Å²) >= 11 is 0. The van der Waals surface area contributed by atoms with E-state index in [0.29, 0.717) is 18.7 Å². The lowest BCUT2D eigenvalue weighted by atomic mass is 9.87. The third-order valence-corrected chi connectivity index (χ3v) is 7.57. The number of carbonyl (C=O) groups is 1. The van der Waals surface area contributed by atoms with Gasteiger partial charge in [-0.15, -0.1) is 0 Å². The molecule has 4 aromatic rings. The van der Waals surface area contributed by atoms with Crippen LogP contribution in [0.1, 0.15) is 47.4 Å². The van der Waals surface area contributed by atoms with Crippen molar-refractivity contribution in [3.63, 3.8) is 0 Å². The Morgan fingerprint density at radius 1 is 1.03 bits per heavy atom. The van der Waals surface area contributed by atoms with Crippen LogP contribution in [0.15, 0.2) is 72.9 Å². The molecule has 5 rings (SSSR count). The van der Waals surface area contributed by atoms with Crippen molar-refractivity contribution in [2.45, 2.75) is 38.6 Å². The van der Waals surface area contributed by atoms with Gasteiger partial charge in [0.05, 0.1) is 7.11 Å². The molecule has 1 amide bonds. The fraction of sp³-hybridized carbons (Fsp3) is 0.344. The molecule has 1 fully saturated rings. The van der Waals surface area contributed by atoms with Gasteiger partial charge < -0.3 is 19.5 Å². The number of rotatable bonds is 10. The van der Waals surface area contributed by atoms with Crippen LogP contribution in [-0.2, 0) is 11.3 Å². The fourth-order valence-electron chi connectivity index (χ4n) is 5.55. The summed E-state index contributed by atoms with van der Waals surface area (Å²) in [6.45, 7) is 6.29. The molecule has 1 unspecified atom stereocenters. The molecule has 0 radical (unpaired) electrons. The molecular formula is C32H36FN3O2. The van der Waals surface area contributed by atoms with Crippen molar-refractivity contribution in [2.24, 2.45) is 0 Å². The number of benzene rings is 3. The molecule has 5 nitrogen and oxygen atoms in total. The van der Waals surface area contributed by atoms with Gasteiger partial charge in [0.2, 0.25) is 5.91 Å². The second-order valence-corrected chi connectivity index (χ2v) is 10.3. The van der Waals surface area contributed by atoms with Gasteiger partial charge in [-0.05, 0) is 73.8 Å². The maximum absolute atomic E-state index is 15.3. The number of para-hydroxylation sites is 1. The van der Waals surface area contributed by atoms with Crippen LogP contribution < -0.4 is 10.1 Å². The molecule has 38 heavy (non-hydrogen) atoms. The number of fused-ring (bicyclic) bond motifs is 1. The average Bonchev–Trinajstić information content (AvgIpc) is 3.58. The van der Waals surface area contributed by atoms with Crippen molar-refractivity contribution in [2.75, 3.05) is 33.3 Å². The van der Waals surface area contributed by atoms with Crippen molar-refractivity contribution in [1.82, 2.24) is 14.8 Å². The minimum Gasteiger partial charge on any atom is -0.497 e. The molecule has 1 aromatic heterocycles. The lowest BCUT2D eigenvalue weighted by Gasteiger charge is -2.20. The Hall–Kier alpha value is -3.64. The molecule has 198 valence electrons. The van der Waals surface area contributed by atoms with E-state index in [1.807, 2.05) is 37.3 Å². The minimum absolute atomic E-state index is 0.0536. The summed E-state index contributed by atoms with van der Waals surface area (Å²) in [5, 5.41) is 4.14. The van der Waals surface area contributed by atoms with Crippen LogP contribution in [0.2, 0.25) is 0 Å². The van der Waals surface area contributed by atoms with E-state index < -0.39 is 5.92 Å². The van der Waals surface area contributed by atoms with Gasteiger partial charge in [0.15, 0.2) is 0 Å². The van der Waals surface area contributed by atoms with Crippen LogP contribution in [0, 0.1) is 12.7 Å². The molecule has 1 aliphatic heterocycles. The number of ether oxygens (including phenoxy) is 1. The number of nitrogens with one attached hydrogen (secondary N) is 1. The fourth-order valence-corrected chi connectivity index (χ4v) is 5.55. The molecule has 0 aliphatic carbocycles. The first kappa shape index (κ1) is 26.0. The predicted molar refractivity (Wildman–Crippen MR) is 150 cm³/mol. The Labute approximate surface area is 224 Å². The highest BCUT2D eigenvalue weighted by Gasteiger charge is 2.25. The van der Waals surface area contributed by atoms with Crippen LogP contribution in [0.25, 0.3) is 10.9 Å². The SMILES string of the molecule is COc1ccc(Cn2cc(C(CC(=O)NCCN3CCCC3)c3cc(C)ccc3F)c3ccccc32)cc1. The van der Waals surface area contributed by atoms with E-state index in [0.717, 1.165) is 53.0 Å². The largest absolute Gasteiger partial charge is 0.497 e. The summed E-state index contributed by atoms with van der Waals surface area (Å²) in [6, 6.07) is 21.4. The highest BCUT2D eigenvalue weighted by atomic mass is 19.1. The third-order valence-electron chi connectivity index (χ3n) is 7.57. The monoisotopic (exact) mass is 513 g/mol. The Bertz CT molecular complexity index is 1390. The van der Waals surface area contributed by atoms with Crippen LogP contribution in [0.3, 0.4) is 0 Å². The van der Waals surface area contributed by atoms with Crippen LogP contribution in [0.5, 0.6) is 5.75 Å². The van der Waals surface area contributed by atoms with Crippen molar-refractivity contribution >= 4 is 16.8 Å². The normalized spacial score (nSPS) is 14.6. The zero-order chi connectivity index (χ0) is 26.5. The van der Waals surface area contributed by atoms with Gasteiger partial charge in [0, 0.05) is 49.1 Å². The summed E-state index contributed by atoms with van der Waals surface area (Å²) in [5.41, 5.74) is 4.70. The zero-order valence-electron chi connectivity index (χ0n) is 22.3. The van der Waals surface area contributed by atoms with Crippen molar-refractivity contribution in [3.05, 3.63) is 101 Å². The maximum Gasteiger partial charge on any atom is 0.220 e. The van der Waals surface area contributed by atoms with E-state index >= 15 is 4.39 Å². The first-order valence-corrected chi connectivity index (χ1v) is 13.5. The molecule has 1 atom stereocenters. The van der Waals surface area contributed by atoms with Gasteiger partial charge in [-0.25, -0.2) is 4.39 Å². The van der Waals surface area contributed by atoms with Crippen LogP contribution >= 0.6 is 0 Å². The van der Waals surface area contributed by atoms with Gasteiger partial charge >= 0.3 is 0 Å². The standard InChI is InChI=1S/C32H36FN3O2/c1-23-9-14-30(33)28(19-23)27(20-32(37)34-15-18-35-16-5-6-17-35)29-22-36(31-8-4-3-7-26(29)31)21-24-10-12-25(38-2)13-11-24/h3-4,7-14,19,22,27H,5-6,15-18,20-21H2,1-2H3,(H,34,37). The summed E-state index contributed by atoms with van der Waals surface area (Å²) < 4.78 is 22.8. The second-order valence-electron chi connectivity index (χ2n) is 10.3. The second kappa shape index (κ2) is 11.8. The average molecular weight is 514 g/mol. The van der Waals surface area contributed by atoms with Crippen molar-refractivity contribution in [3.8, 4) is 5.75 Å². The number of methoxy groups -OCH3 is 1. The molecule has 6 heteroatoms. The Morgan fingerprint density at radius 3 is 2.55 bits per heavy atom. The summed E-state index contributed by atoms with van der Waals surface area (Å²) in [6.07, 6.45) is 4.74. The number of aryl methyl sites for hydroxylation is 1. The van der Waals surface area contributed by atoms with Crippen molar-refractivity contribution < 1.29 is 13.9 Å². The first-order valence-electron chi connectivity index (χ1n) is 13.5. The molecule has 1 saturated heterocycles. The molecule has 0 saturated carbocycles. The number of nitrogens with zero attached hydrogens (tertiary/aromatic N) is 2. The molecule has 1 N–H and O–H groups in total. The van der Waals surface area contributed by atoms with Crippen LogP contribution in [-0.4, -0.2) is 48.7 Å². The number of amides is 1. The van der Waals surface area contributed by atoms with Crippen LogP contribution in [0.4, 0.5) is 4.39 Å². The van der Waals surface area contributed by atoms with E-state index in [2.05, 4.69) is 45.2 Å². The van der Waals surface area contributed by atoms with E-state index in [1.54, 1.807) is 13.2 Å². The molecule has 3 aromatic carbocycles. The number of hydrogen-bond acceptors (Lipinski definition) is 3. The topological polar surface area (TPSA) is 46.5 Å². The Kier molecular flexibility index (Phi) is 8.08.